The van der Waals surface area contributed by atoms with Crippen LogP contribution in [-0.2, 0) is 0 Å². The van der Waals surface area contributed by atoms with Gasteiger partial charge in [0, 0.05) is 0 Å². The second-order valence-electron chi connectivity index (χ2n) is 1.95. The van der Waals surface area contributed by atoms with Gasteiger partial charge in [0.05, 0.1) is 0 Å². The lowest BCUT2D eigenvalue weighted by atomic mass is 10.1. The summed E-state index contributed by atoms with van der Waals surface area (Å²) in [4.78, 5) is 0. The summed E-state index contributed by atoms with van der Waals surface area (Å²) in [7, 11) is 0. The van der Waals surface area contributed by atoms with Gasteiger partial charge in [-0.2, -0.15) is 0 Å². The van der Waals surface area contributed by atoms with Crippen molar-refractivity contribution in [2.24, 2.45) is 5.92 Å². The number of rotatable bonds is 0. The molecule has 0 amide bonds. The molecule has 6 heavy (non-hydrogen) atoms. The molecule has 1 radical (unpaired) electrons. The van der Waals surface area contributed by atoms with Crippen molar-refractivity contribution in [1.29, 1.82) is 0 Å². The van der Waals surface area contributed by atoms with E-state index in [-0.39, 0.29) is 0 Å². The summed E-state index contributed by atoms with van der Waals surface area (Å²) in [6.07, 6.45) is 7.71. The first-order valence-corrected chi connectivity index (χ1v) is 2.44. The van der Waals surface area contributed by atoms with Crippen LogP contribution in [0, 0.1) is 12.0 Å². The summed E-state index contributed by atoms with van der Waals surface area (Å²) < 4.78 is 0. The van der Waals surface area contributed by atoms with Crippen molar-refractivity contribution in [2.75, 3.05) is 0 Å². The Morgan fingerprint density at radius 2 is 2.67 bits per heavy atom. The van der Waals surface area contributed by atoms with Crippen LogP contribution in [0.4, 0.5) is 0 Å². The fourth-order valence-electron chi connectivity index (χ4n) is 0.652. The van der Waals surface area contributed by atoms with Gasteiger partial charge in [-0.25, -0.2) is 0 Å². The minimum absolute atomic E-state index is 0.880. The molecule has 0 saturated carbocycles. The zero-order valence-electron chi connectivity index (χ0n) is 4.07. The topological polar surface area (TPSA) is 0 Å². The molecule has 33 valence electrons. The van der Waals surface area contributed by atoms with Gasteiger partial charge in [-0.1, -0.05) is 13.0 Å². The first kappa shape index (κ1) is 3.91. The van der Waals surface area contributed by atoms with E-state index < -0.39 is 0 Å². The molecule has 0 aromatic rings. The van der Waals surface area contributed by atoms with E-state index in [1.807, 2.05) is 0 Å². The van der Waals surface area contributed by atoms with Crippen LogP contribution in [0.5, 0.6) is 0 Å². The smallest absolute Gasteiger partial charge is 0.0251 e. The Balaban J connectivity index is 2.32. The molecule has 0 aromatic carbocycles. The maximum absolute atomic E-state index is 3.15. The van der Waals surface area contributed by atoms with Gasteiger partial charge in [0.1, 0.15) is 0 Å². The Kier molecular flexibility index (Phi) is 0.952. The Bertz CT molecular complexity index is 54.4. The van der Waals surface area contributed by atoms with E-state index in [0.29, 0.717) is 0 Å². The average molecular weight is 81.1 g/mol. The molecule has 0 heterocycles. The van der Waals surface area contributed by atoms with Crippen LogP contribution in [0.2, 0.25) is 0 Å². The lowest BCUT2D eigenvalue weighted by molar-refractivity contribution is 0.633. The predicted molar refractivity (Wildman–Crippen MR) is 26.2 cm³/mol. The molecule has 0 aromatic heterocycles. The summed E-state index contributed by atoms with van der Waals surface area (Å²) in [6.45, 7) is 2.25. The van der Waals surface area contributed by atoms with Crippen molar-refractivity contribution in [3.05, 3.63) is 12.2 Å². The fraction of sp³-hybridized carbons (Fsp3) is 0.667. The van der Waals surface area contributed by atoms with E-state index in [1.165, 1.54) is 12.8 Å². The molecule has 0 saturated heterocycles. The van der Waals surface area contributed by atoms with Crippen LogP contribution in [-0.4, -0.2) is 0 Å². The molecular formula is C6H9. The highest BCUT2D eigenvalue weighted by atomic mass is 14.1. The van der Waals surface area contributed by atoms with Crippen molar-refractivity contribution in [2.45, 2.75) is 19.8 Å². The van der Waals surface area contributed by atoms with E-state index in [0.717, 1.165) is 5.92 Å². The molecule has 0 spiro atoms. The van der Waals surface area contributed by atoms with Crippen LogP contribution in [0.3, 0.4) is 0 Å². The Morgan fingerprint density at radius 3 is 2.83 bits per heavy atom. The van der Waals surface area contributed by atoms with Crippen LogP contribution < -0.4 is 0 Å². The normalized spacial score (nSPS) is 22.8. The summed E-state index contributed by atoms with van der Waals surface area (Å²) >= 11 is 0. The van der Waals surface area contributed by atoms with Gasteiger partial charge in [0.25, 0.3) is 0 Å². The lowest BCUT2D eigenvalue weighted by Gasteiger charge is -1.91. The highest BCUT2D eigenvalue weighted by Gasteiger charge is 2.00. The van der Waals surface area contributed by atoms with Crippen molar-refractivity contribution < 1.29 is 0 Å². The van der Waals surface area contributed by atoms with E-state index in [4.69, 9.17) is 0 Å². The quantitative estimate of drug-likeness (QED) is 0.417. The number of hydrogen-bond donors (Lipinski definition) is 0. The van der Waals surface area contributed by atoms with Gasteiger partial charge >= 0.3 is 0 Å². The first-order valence-electron chi connectivity index (χ1n) is 2.44. The fourth-order valence-corrected chi connectivity index (χ4v) is 0.652. The molecule has 0 fully saturated rings. The maximum Gasteiger partial charge on any atom is -0.0251 e. The molecule has 0 aliphatic heterocycles. The third kappa shape index (κ3) is 0.618. The zero-order chi connectivity index (χ0) is 4.41. The molecule has 1 atom stereocenters. The zero-order valence-corrected chi connectivity index (χ0v) is 4.07. The second-order valence-corrected chi connectivity index (χ2v) is 1.95. The van der Waals surface area contributed by atoms with Gasteiger partial charge in [-0.15, -0.1) is 0 Å². The van der Waals surface area contributed by atoms with Crippen molar-refractivity contribution in [3.8, 4) is 0 Å². The molecule has 1 aliphatic carbocycles. The second kappa shape index (κ2) is 1.46. The SMILES string of the molecule is CC1C[C]=CC1. The Morgan fingerprint density at radius 1 is 1.83 bits per heavy atom. The van der Waals surface area contributed by atoms with Gasteiger partial charge in [-0.3, -0.25) is 0 Å². The van der Waals surface area contributed by atoms with Gasteiger partial charge < -0.3 is 0 Å². The van der Waals surface area contributed by atoms with E-state index in [9.17, 15) is 0 Å². The Labute approximate surface area is 38.9 Å². The summed E-state index contributed by atoms with van der Waals surface area (Å²) in [5.74, 6) is 0.880. The highest BCUT2D eigenvalue weighted by molar-refractivity contribution is 4.85. The highest BCUT2D eigenvalue weighted by Crippen LogP contribution is 2.14. The predicted octanol–water partition coefficient (Wildman–Crippen LogP) is 1.78. The van der Waals surface area contributed by atoms with E-state index in [2.05, 4.69) is 19.1 Å². The third-order valence-electron chi connectivity index (χ3n) is 1.13. The van der Waals surface area contributed by atoms with Crippen molar-refractivity contribution in [3.63, 3.8) is 0 Å². The number of hydrogen-bond acceptors (Lipinski definition) is 0. The van der Waals surface area contributed by atoms with Crippen molar-refractivity contribution >= 4 is 0 Å². The molecular weight excluding hydrogens is 72.1 g/mol. The minimum atomic E-state index is 0.880. The third-order valence-corrected chi connectivity index (χ3v) is 1.13. The van der Waals surface area contributed by atoms with Gasteiger partial charge in [0.2, 0.25) is 0 Å². The standard InChI is InChI=1S/C6H9/c1-6-4-2-3-5-6/h2,6H,4-5H2,1H3. The summed E-state index contributed by atoms with van der Waals surface area (Å²) in [5.41, 5.74) is 0. The Hall–Kier alpha value is -0.260. The van der Waals surface area contributed by atoms with E-state index in [1.54, 1.807) is 0 Å². The molecule has 0 nitrogen and oxygen atoms in total. The van der Waals surface area contributed by atoms with Crippen LogP contribution in [0.25, 0.3) is 0 Å². The first-order chi connectivity index (χ1) is 2.89. The van der Waals surface area contributed by atoms with Crippen molar-refractivity contribution in [1.82, 2.24) is 0 Å². The molecule has 0 heteroatoms. The van der Waals surface area contributed by atoms with Crippen LogP contribution in [0.15, 0.2) is 6.08 Å². The minimum Gasteiger partial charge on any atom is -0.0808 e. The summed E-state index contributed by atoms with van der Waals surface area (Å²) in [5, 5.41) is 0. The largest absolute Gasteiger partial charge is 0.0808 e. The van der Waals surface area contributed by atoms with Crippen LogP contribution >= 0.6 is 0 Å². The average Bonchev–Trinajstić information content (AvgIpc) is 1.86. The molecule has 1 rings (SSSR count). The van der Waals surface area contributed by atoms with E-state index >= 15 is 0 Å². The molecule has 0 N–H and O–H groups in total. The van der Waals surface area contributed by atoms with Gasteiger partial charge in [-0.05, 0) is 24.8 Å². The molecule has 1 unspecified atom stereocenters. The van der Waals surface area contributed by atoms with Gasteiger partial charge in [0.15, 0.2) is 0 Å². The maximum atomic E-state index is 3.15. The van der Waals surface area contributed by atoms with Crippen LogP contribution in [0.1, 0.15) is 19.8 Å². The summed E-state index contributed by atoms with van der Waals surface area (Å²) in [6, 6.07) is 0. The monoisotopic (exact) mass is 81.1 g/mol. The lowest BCUT2D eigenvalue weighted by Crippen LogP contribution is -1.80. The number of allylic oxidation sites excluding steroid dienone is 2. The molecule has 1 aliphatic rings. The molecule has 0 bridgehead atoms.